The molecule has 7 heteroatoms. The van der Waals surface area contributed by atoms with Crippen LogP contribution < -0.4 is 4.74 Å². The van der Waals surface area contributed by atoms with Crippen molar-refractivity contribution in [3.05, 3.63) is 40.6 Å². The first-order valence-electron chi connectivity index (χ1n) is 5.16. The van der Waals surface area contributed by atoms with E-state index in [1.165, 1.54) is 30.3 Å². The van der Waals surface area contributed by atoms with Gasteiger partial charge in [-0.2, -0.15) is 0 Å². The van der Waals surface area contributed by atoms with Crippen LogP contribution in [0, 0.1) is 0 Å². The molecule has 1 aromatic heterocycles. The van der Waals surface area contributed by atoms with Gasteiger partial charge in [-0.1, -0.05) is 0 Å². The molecule has 5 nitrogen and oxygen atoms in total. The minimum absolute atomic E-state index is 0.183. The number of hydrogen-bond donors (Lipinski definition) is 1. The maximum Gasteiger partial charge on any atom is 0.346 e. The summed E-state index contributed by atoms with van der Waals surface area (Å²) in [4.78, 5) is 11.1. The third-order valence-corrected chi connectivity index (χ3v) is 4.30. The summed E-state index contributed by atoms with van der Waals surface area (Å²) < 4.78 is 28.0. The lowest BCUT2D eigenvalue weighted by Gasteiger charge is -2.03. The lowest BCUT2D eigenvalue weighted by atomic mass is 10.3. The standard InChI is InChI=1S/C12H10O5S2/c1-19(15,16)10-4-2-8(3-5-10)17-9-6-11(12(13)14)18-7-9/h2-7H,1H3,(H,13,14). The highest BCUT2D eigenvalue weighted by atomic mass is 32.2. The highest BCUT2D eigenvalue weighted by Crippen LogP contribution is 2.27. The SMILES string of the molecule is CS(=O)(=O)c1ccc(Oc2csc(C(=O)O)c2)cc1. The maximum atomic E-state index is 11.3. The Hall–Kier alpha value is -1.86. The van der Waals surface area contributed by atoms with Crippen molar-refractivity contribution >= 4 is 27.1 Å². The fraction of sp³-hybridized carbons (Fsp3) is 0.0833. The van der Waals surface area contributed by atoms with Gasteiger partial charge in [-0.15, -0.1) is 11.3 Å². The molecule has 0 fully saturated rings. The van der Waals surface area contributed by atoms with E-state index in [1.807, 2.05) is 0 Å². The van der Waals surface area contributed by atoms with Crippen molar-refractivity contribution in [2.75, 3.05) is 6.26 Å². The molecule has 1 aromatic carbocycles. The molecular weight excluding hydrogens is 288 g/mol. The van der Waals surface area contributed by atoms with Crippen molar-refractivity contribution in [1.82, 2.24) is 0 Å². The minimum Gasteiger partial charge on any atom is -0.477 e. The van der Waals surface area contributed by atoms with Gasteiger partial charge in [-0.25, -0.2) is 13.2 Å². The van der Waals surface area contributed by atoms with Crippen LogP contribution in [-0.2, 0) is 9.84 Å². The maximum absolute atomic E-state index is 11.3. The number of rotatable bonds is 4. The van der Waals surface area contributed by atoms with Gasteiger partial charge < -0.3 is 9.84 Å². The summed E-state index contributed by atoms with van der Waals surface area (Å²) in [7, 11) is -3.23. The van der Waals surface area contributed by atoms with Gasteiger partial charge >= 0.3 is 5.97 Å². The summed E-state index contributed by atoms with van der Waals surface area (Å²) in [5.74, 6) is -0.149. The van der Waals surface area contributed by atoms with Crippen LogP contribution in [0.1, 0.15) is 9.67 Å². The van der Waals surface area contributed by atoms with Crippen LogP contribution in [0.2, 0.25) is 0 Å². The highest BCUT2D eigenvalue weighted by molar-refractivity contribution is 7.90. The first kappa shape index (κ1) is 13.6. The monoisotopic (exact) mass is 298 g/mol. The van der Waals surface area contributed by atoms with E-state index in [-0.39, 0.29) is 9.77 Å². The smallest absolute Gasteiger partial charge is 0.346 e. The van der Waals surface area contributed by atoms with Gasteiger partial charge in [0.15, 0.2) is 9.84 Å². The summed E-state index contributed by atoms with van der Waals surface area (Å²) in [6.07, 6.45) is 1.13. The normalized spacial score (nSPS) is 11.2. The Morgan fingerprint density at radius 1 is 1.21 bits per heavy atom. The van der Waals surface area contributed by atoms with Gasteiger partial charge in [0.1, 0.15) is 16.4 Å². The van der Waals surface area contributed by atoms with Crippen LogP contribution in [0.4, 0.5) is 0 Å². The second-order valence-electron chi connectivity index (χ2n) is 3.80. The van der Waals surface area contributed by atoms with Crippen molar-refractivity contribution in [1.29, 1.82) is 0 Å². The van der Waals surface area contributed by atoms with E-state index < -0.39 is 15.8 Å². The summed E-state index contributed by atoms with van der Waals surface area (Å²) >= 11 is 1.06. The van der Waals surface area contributed by atoms with Gasteiger partial charge in [0.2, 0.25) is 0 Å². The molecule has 0 bridgehead atoms. The summed E-state index contributed by atoms with van der Waals surface area (Å²) in [6, 6.07) is 7.34. The predicted octanol–water partition coefficient (Wildman–Crippen LogP) is 2.64. The Bertz CT molecular complexity index is 698. The molecule has 0 atom stereocenters. The van der Waals surface area contributed by atoms with Crippen LogP contribution in [-0.4, -0.2) is 25.7 Å². The topological polar surface area (TPSA) is 80.7 Å². The number of carboxylic acid groups (broad SMARTS) is 1. The molecule has 0 saturated carbocycles. The molecule has 0 amide bonds. The molecule has 0 radical (unpaired) electrons. The molecule has 0 aliphatic rings. The van der Waals surface area contributed by atoms with Crippen molar-refractivity contribution in [3.63, 3.8) is 0 Å². The van der Waals surface area contributed by atoms with Gasteiger partial charge in [0.05, 0.1) is 4.90 Å². The zero-order valence-electron chi connectivity index (χ0n) is 9.86. The lowest BCUT2D eigenvalue weighted by Crippen LogP contribution is -1.96. The molecule has 0 spiro atoms. The van der Waals surface area contributed by atoms with Gasteiger partial charge in [0.25, 0.3) is 0 Å². The van der Waals surface area contributed by atoms with E-state index in [1.54, 1.807) is 5.38 Å². The fourth-order valence-electron chi connectivity index (χ4n) is 1.38. The number of sulfone groups is 1. The summed E-state index contributed by atoms with van der Waals surface area (Å²) in [6.45, 7) is 0. The van der Waals surface area contributed by atoms with E-state index >= 15 is 0 Å². The molecular formula is C12H10O5S2. The number of ether oxygens (including phenoxy) is 1. The molecule has 0 aliphatic heterocycles. The lowest BCUT2D eigenvalue weighted by molar-refractivity contribution is 0.0702. The van der Waals surface area contributed by atoms with Crippen LogP contribution in [0.3, 0.4) is 0 Å². The van der Waals surface area contributed by atoms with Gasteiger partial charge in [0, 0.05) is 17.7 Å². The summed E-state index contributed by atoms with van der Waals surface area (Å²) in [5, 5.41) is 10.4. The van der Waals surface area contributed by atoms with E-state index in [4.69, 9.17) is 9.84 Å². The average molecular weight is 298 g/mol. The fourth-order valence-corrected chi connectivity index (χ4v) is 2.65. The van der Waals surface area contributed by atoms with Crippen LogP contribution in [0.25, 0.3) is 0 Å². The first-order valence-corrected chi connectivity index (χ1v) is 7.93. The van der Waals surface area contributed by atoms with Crippen molar-refractivity contribution in [2.24, 2.45) is 0 Å². The van der Waals surface area contributed by atoms with Crippen LogP contribution in [0.5, 0.6) is 11.5 Å². The zero-order chi connectivity index (χ0) is 14.0. The Balaban J connectivity index is 2.17. The molecule has 100 valence electrons. The zero-order valence-corrected chi connectivity index (χ0v) is 11.5. The molecule has 19 heavy (non-hydrogen) atoms. The average Bonchev–Trinajstić information content (AvgIpc) is 2.77. The Kier molecular flexibility index (Phi) is 3.59. The van der Waals surface area contributed by atoms with Crippen molar-refractivity contribution in [3.8, 4) is 11.5 Å². The molecule has 0 saturated heterocycles. The number of aromatic carboxylic acids is 1. The quantitative estimate of drug-likeness (QED) is 0.938. The minimum atomic E-state index is -3.23. The van der Waals surface area contributed by atoms with Crippen LogP contribution in [0.15, 0.2) is 40.6 Å². The van der Waals surface area contributed by atoms with E-state index in [0.717, 1.165) is 17.6 Å². The number of thiophene rings is 1. The molecule has 1 N–H and O–H groups in total. The van der Waals surface area contributed by atoms with E-state index in [9.17, 15) is 13.2 Å². The second-order valence-corrected chi connectivity index (χ2v) is 6.72. The number of benzene rings is 1. The molecule has 0 unspecified atom stereocenters. The number of hydrogen-bond acceptors (Lipinski definition) is 5. The number of carboxylic acids is 1. The van der Waals surface area contributed by atoms with E-state index in [0.29, 0.717) is 11.5 Å². The Morgan fingerprint density at radius 3 is 2.32 bits per heavy atom. The Morgan fingerprint density at radius 2 is 1.84 bits per heavy atom. The molecule has 2 aromatic rings. The number of carbonyl (C=O) groups is 1. The van der Waals surface area contributed by atoms with Gasteiger partial charge in [-0.3, -0.25) is 0 Å². The Labute approximate surface area is 114 Å². The van der Waals surface area contributed by atoms with Gasteiger partial charge in [-0.05, 0) is 24.3 Å². The van der Waals surface area contributed by atoms with E-state index in [2.05, 4.69) is 0 Å². The molecule has 2 rings (SSSR count). The third-order valence-electron chi connectivity index (χ3n) is 2.27. The summed E-state index contributed by atoms with van der Waals surface area (Å²) in [5.41, 5.74) is 0. The molecule has 1 heterocycles. The van der Waals surface area contributed by atoms with Crippen LogP contribution >= 0.6 is 11.3 Å². The van der Waals surface area contributed by atoms with Crippen molar-refractivity contribution < 1.29 is 23.1 Å². The van der Waals surface area contributed by atoms with Crippen molar-refractivity contribution in [2.45, 2.75) is 4.90 Å². The largest absolute Gasteiger partial charge is 0.477 e. The second kappa shape index (κ2) is 5.02. The predicted molar refractivity (Wildman–Crippen MR) is 70.9 cm³/mol. The first-order chi connectivity index (χ1) is 8.86. The highest BCUT2D eigenvalue weighted by Gasteiger charge is 2.09. The third kappa shape index (κ3) is 3.33. The molecule has 0 aliphatic carbocycles.